The summed E-state index contributed by atoms with van der Waals surface area (Å²) in [6, 6.07) is 2.06. The molecule has 2 fully saturated rings. The van der Waals surface area contributed by atoms with E-state index in [1.807, 2.05) is 0 Å². The summed E-state index contributed by atoms with van der Waals surface area (Å²) in [5.74, 6) is 1.97. The van der Waals surface area contributed by atoms with Gasteiger partial charge in [0.15, 0.2) is 0 Å². The van der Waals surface area contributed by atoms with Gasteiger partial charge in [-0.3, -0.25) is 0 Å². The topological polar surface area (TPSA) is 50.3 Å². The van der Waals surface area contributed by atoms with Crippen LogP contribution in [-0.2, 0) is 4.74 Å². The Labute approximate surface area is 127 Å². The molecule has 0 spiro atoms. The first-order chi connectivity index (χ1) is 10.4. The first-order valence-corrected chi connectivity index (χ1v) is 8.34. The number of hydrogen-bond donors (Lipinski definition) is 1. The molecular formula is C16H26N4O. The molecule has 5 heteroatoms. The van der Waals surface area contributed by atoms with Crippen molar-refractivity contribution in [3.05, 3.63) is 12.4 Å². The number of rotatable bonds is 7. The third kappa shape index (κ3) is 4.30. The molecule has 1 aromatic heterocycles. The fraction of sp³-hybridized carbons (Fsp3) is 0.750. The number of nitrogens with zero attached hydrogens (tertiary/aromatic N) is 3. The van der Waals surface area contributed by atoms with Gasteiger partial charge in [0.05, 0.1) is 6.10 Å². The molecule has 1 aliphatic carbocycles. The summed E-state index contributed by atoms with van der Waals surface area (Å²) in [7, 11) is 0. The van der Waals surface area contributed by atoms with Crippen molar-refractivity contribution in [1.82, 2.24) is 9.97 Å². The van der Waals surface area contributed by atoms with Gasteiger partial charge in [0.2, 0.25) is 0 Å². The Morgan fingerprint density at radius 1 is 1.14 bits per heavy atom. The van der Waals surface area contributed by atoms with Gasteiger partial charge in [-0.05, 0) is 32.1 Å². The molecule has 2 aliphatic rings. The Bertz CT molecular complexity index is 428. The van der Waals surface area contributed by atoms with Gasteiger partial charge in [-0.15, -0.1) is 0 Å². The van der Waals surface area contributed by atoms with Gasteiger partial charge in [-0.2, -0.15) is 0 Å². The zero-order valence-electron chi connectivity index (χ0n) is 12.8. The summed E-state index contributed by atoms with van der Waals surface area (Å²) in [5.41, 5.74) is 0. The number of hydrogen-bond acceptors (Lipinski definition) is 5. The highest BCUT2D eigenvalue weighted by Gasteiger charge is 2.15. The van der Waals surface area contributed by atoms with E-state index < -0.39 is 0 Å². The zero-order chi connectivity index (χ0) is 14.3. The maximum absolute atomic E-state index is 5.86. The van der Waals surface area contributed by atoms with Crippen LogP contribution in [0.25, 0.3) is 0 Å². The second-order valence-corrected chi connectivity index (χ2v) is 6.01. The summed E-state index contributed by atoms with van der Waals surface area (Å²) < 4.78 is 5.86. The minimum Gasteiger partial charge on any atom is -0.378 e. The van der Waals surface area contributed by atoms with Gasteiger partial charge >= 0.3 is 0 Å². The molecule has 1 aliphatic heterocycles. The summed E-state index contributed by atoms with van der Waals surface area (Å²) in [6.07, 6.45) is 10.9. The van der Waals surface area contributed by atoms with E-state index in [-0.39, 0.29) is 0 Å². The molecule has 0 atom stereocenters. The second kappa shape index (κ2) is 7.59. The molecule has 0 unspecified atom stereocenters. The summed E-state index contributed by atoms with van der Waals surface area (Å²) >= 11 is 0. The molecule has 0 amide bonds. The highest BCUT2D eigenvalue weighted by atomic mass is 16.5. The van der Waals surface area contributed by atoms with Crippen molar-refractivity contribution >= 4 is 11.6 Å². The lowest BCUT2D eigenvalue weighted by Crippen LogP contribution is -2.19. The van der Waals surface area contributed by atoms with E-state index in [0.29, 0.717) is 6.10 Å². The van der Waals surface area contributed by atoms with Crippen LogP contribution >= 0.6 is 0 Å². The molecule has 1 saturated carbocycles. The first kappa shape index (κ1) is 14.6. The number of aromatic nitrogens is 2. The van der Waals surface area contributed by atoms with Crippen molar-refractivity contribution in [3.63, 3.8) is 0 Å². The molecule has 0 aromatic carbocycles. The average molecular weight is 290 g/mol. The van der Waals surface area contributed by atoms with Gasteiger partial charge in [0, 0.05) is 32.3 Å². The predicted octanol–water partition coefficient (Wildman–Crippen LogP) is 2.84. The van der Waals surface area contributed by atoms with Gasteiger partial charge in [0.25, 0.3) is 0 Å². The molecule has 21 heavy (non-hydrogen) atoms. The summed E-state index contributed by atoms with van der Waals surface area (Å²) in [4.78, 5) is 11.0. The maximum Gasteiger partial charge on any atom is 0.134 e. The number of nitrogens with one attached hydrogen (secondary N) is 1. The minimum atomic E-state index is 0.519. The van der Waals surface area contributed by atoms with Crippen LogP contribution in [0.15, 0.2) is 12.4 Å². The van der Waals surface area contributed by atoms with Gasteiger partial charge in [-0.1, -0.05) is 12.8 Å². The van der Waals surface area contributed by atoms with E-state index in [1.54, 1.807) is 6.33 Å². The standard InChI is InChI=1S/C16H26N4O/c1-2-7-14(6-1)21-11-5-8-17-15-12-16(19-13-18-15)20-9-3-4-10-20/h12-14H,1-11H2,(H,17,18,19). The predicted molar refractivity (Wildman–Crippen MR) is 84.8 cm³/mol. The zero-order valence-corrected chi connectivity index (χ0v) is 12.8. The molecule has 0 radical (unpaired) electrons. The fourth-order valence-corrected chi connectivity index (χ4v) is 3.16. The number of anilines is 2. The van der Waals surface area contributed by atoms with Crippen LogP contribution in [0.5, 0.6) is 0 Å². The molecule has 0 bridgehead atoms. The van der Waals surface area contributed by atoms with Gasteiger partial charge in [-0.25, -0.2) is 9.97 Å². The van der Waals surface area contributed by atoms with E-state index in [0.717, 1.165) is 44.3 Å². The molecule has 1 aromatic rings. The first-order valence-electron chi connectivity index (χ1n) is 8.34. The lowest BCUT2D eigenvalue weighted by Gasteiger charge is -2.16. The van der Waals surface area contributed by atoms with Crippen molar-refractivity contribution in [3.8, 4) is 0 Å². The van der Waals surface area contributed by atoms with Crippen LogP contribution in [0.1, 0.15) is 44.9 Å². The molecule has 5 nitrogen and oxygen atoms in total. The van der Waals surface area contributed by atoms with Crippen molar-refractivity contribution in [2.24, 2.45) is 0 Å². The molecule has 2 heterocycles. The monoisotopic (exact) mass is 290 g/mol. The highest BCUT2D eigenvalue weighted by Crippen LogP contribution is 2.21. The maximum atomic E-state index is 5.86. The van der Waals surface area contributed by atoms with E-state index in [9.17, 15) is 0 Å². The van der Waals surface area contributed by atoms with Crippen molar-refractivity contribution in [2.45, 2.75) is 51.0 Å². The van der Waals surface area contributed by atoms with Crippen LogP contribution in [0.4, 0.5) is 11.6 Å². The quantitative estimate of drug-likeness (QED) is 0.783. The Kier molecular flexibility index (Phi) is 5.27. The average Bonchev–Trinajstić information content (AvgIpc) is 3.21. The third-order valence-corrected chi connectivity index (χ3v) is 4.37. The Morgan fingerprint density at radius 2 is 1.95 bits per heavy atom. The van der Waals surface area contributed by atoms with Crippen LogP contribution < -0.4 is 10.2 Å². The Balaban J connectivity index is 1.37. The lowest BCUT2D eigenvalue weighted by molar-refractivity contribution is 0.0583. The van der Waals surface area contributed by atoms with Gasteiger partial charge < -0.3 is 15.0 Å². The fourth-order valence-electron chi connectivity index (χ4n) is 3.16. The molecule has 1 saturated heterocycles. The Hall–Kier alpha value is -1.36. The normalized spacial score (nSPS) is 19.3. The molecule has 1 N–H and O–H groups in total. The SMILES string of the molecule is c1nc(NCCCOC2CCCC2)cc(N2CCCC2)n1. The van der Waals surface area contributed by atoms with E-state index in [2.05, 4.69) is 26.3 Å². The lowest BCUT2D eigenvalue weighted by atomic mass is 10.3. The molecule has 116 valence electrons. The number of ether oxygens (including phenoxy) is 1. The van der Waals surface area contributed by atoms with Crippen molar-refractivity contribution < 1.29 is 4.74 Å². The van der Waals surface area contributed by atoms with E-state index in [1.165, 1.54) is 38.5 Å². The van der Waals surface area contributed by atoms with Crippen LogP contribution in [0, 0.1) is 0 Å². The van der Waals surface area contributed by atoms with Crippen molar-refractivity contribution in [2.75, 3.05) is 36.5 Å². The van der Waals surface area contributed by atoms with Crippen LogP contribution in [0.3, 0.4) is 0 Å². The highest BCUT2D eigenvalue weighted by molar-refractivity contribution is 5.48. The van der Waals surface area contributed by atoms with E-state index in [4.69, 9.17) is 4.74 Å². The van der Waals surface area contributed by atoms with Crippen LogP contribution in [-0.4, -0.2) is 42.3 Å². The van der Waals surface area contributed by atoms with Crippen LogP contribution in [0.2, 0.25) is 0 Å². The third-order valence-electron chi connectivity index (χ3n) is 4.37. The van der Waals surface area contributed by atoms with Crippen molar-refractivity contribution in [1.29, 1.82) is 0 Å². The Morgan fingerprint density at radius 3 is 2.76 bits per heavy atom. The largest absolute Gasteiger partial charge is 0.378 e. The summed E-state index contributed by atoms with van der Waals surface area (Å²) in [5, 5.41) is 3.38. The summed E-state index contributed by atoms with van der Waals surface area (Å²) in [6.45, 7) is 3.99. The molecule has 3 rings (SSSR count). The second-order valence-electron chi connectivity index (χ2n) is 6.01. The van der Waals surface area contributed by atoms with Gasteiger partial charge in [0.1, 0.15) is 18.0 Å². The minimum absolute atomic E-state index is 0.519. The smallest absolute Gasteiger partial charge is 0.134 e. The molecular weight excluding hydrogens is 264 g/mol. The van der Waals surface area contributed by atoms with E-state index >= 15 is 0 Å².